The number of nitrogens with one attached hydrogen (secondary N) is 1. The smallest absolute Gasteiger partial charge is 0.250 e. The minimum absolute atomic E-state index is 0.0948. The average Bonchev–Trinajstić information content (AvgIpc) is 3.73. The molecule has 1 aliphatic heterocycles. The maximum Gasteiger partial charge on any atom is 0.250 e. The standard InChI is InChI=1S/C27H34N6O5/c1-36-21-13-11-19(12-14-21)26-29-31-33(30-26)18-24(34)32(17-22-9-5-15-37-22)25(23-10-6-16-38-23)27(35)28-20-7-3-2-4-8-20/h6,10-14,16,20,22,25H,2-5,7-9,15,17-18H2,1H3,(H,28,35). The molecule has 1 saturated carbocycles. The summed E-state index contributed by atoms with van der Waals surface area (Å²) in [4.78, 5) is 30.2. The number of ether oxygens (including phenoxy) is 2. The molecule has 1 saturated heterocycles. The van der Waals surface area contributed by atoms with Gasteiger partial charge in [0.05, 0.1) is 19.5 Å². The highest BCUT2D eigenvalue weighted by Gasteiger charge is 2.37. The minimum atomic E-state index is -0.923. The van der Waals surface area contributed by atoms with Crippen molar-refractivity contribution in [3.05, 3.63) is 48.4 Å². The van der Waals surface area contributed by atoms with Crippen LogP contribution < -0.4 is 10.1 Å². The minimum Gasteiger partial charge on any atom is -0.497 e. The van der Waals surface area contributed by atoms with E-state index in [9.17, 15) is 9.59 Å². The second-order valence-corrected chi connectivity index (χ2v) is 9.81. The Morgan fingerprint density at radius 3 is 2.63 bits per heavy atom. The first kappa shape index (κ1) is 25.9. The lowest BCUT2D eigenvalue weighted by Crippen LogP contribution is -2.49. The van der Waals surface area contributed by atoms with Gasteiger partial charge in [-0.05, 0) is 67.3 Å². The first-order valence-corrected chi connectivity index (χ1v) is 13.3. The molecule has 202 valence electrons. The lowest BCUT2D eigenvalue weighted by molar-refractivity contribution is -0.144. The van der Waals surface area contributed by atoms with E-state index in [0.29, 0.717) is 18.2 Å². The van der Waals surface area contributed by atoms with Crippen molar-refractivity contribution >= 4 is 11.8 Å². The van der Waals surface area contributed by atoms with Crippen molar-refractivity contribution in [2.24, 2.45) is 0 Å². The lowest BCUT2D eigenvalue weighted by atomic mass is 9.95. The van der Waals surface area contributed by atoms with Crippen LogP contribution in [0, 0.1) is 0 Å². The van der Waals surface area contributed by atoms with Gasteiger partial charge in [0.15, 0.2) is 6.04 Å². The highest BCUT2D eigenvalue weighted by molar-refractivity contribution is 5.88. The Kier molecular flexibility index (Phi) is 8.32. The summed E-state index contributed by atoms with van der Waals surface area (Å²) in [6.07, 6.45) is 8.33. The average molecular weight is 523 g/mol. The van der Waals surface area contributed by atoms with Gasteiger partial charge in [0, 0.05) is 24.8 Å². The van der Waals surface area contributed by atoms with Gasteiger partial charge in [0.1, 0.15) is 18.1 Å². The Hall–Kier alpha value is -3.73. The molecular formula is C27H34N6O5. The van der Waals surface area contributed by atoms with Gasteiger partial charge in [-0.3, -0.25) is 9.59 Å². The van der Waals surface area contributed by atoms with Crippen LogP contribution in [0.25, 0.3) is 11.4 Å². The molecule has 1 aromatic carbocycles. The summed E-state index contributed by atoms with van der Waals surface area (Å²) in [5.74, 6) is 0.957. The summed E-state index contributed by atoms with van der Waals surface area (Å²) < 4.78 is 16.7. The van der Waals surface area contributed by atoms with Gasteiger partial charge in [0.2, 0.25) is 11.7 Å². The van der Waals surface area contributed by atoms with E-state index in [-0.39, 0.29) is 37.0 Å². The molecule has 1 N–H and O–H groups in total. The second-order valence-electron chi connectivity index (χ2n) is 9.81. The number of methoxy groups -OCH3 is 1. The summed E-state index contributed by atoms with van der Waals surface area (Å²) >= 11 is 0. The number of hydrogen-bond acceptors (Lipinski definition) is 8. The van der Waals surface area contributed by atoms with Gasteiger partial charge >= 0.3 is 0 Å². The predicted octanol–water partition coefficient (Wildman–Crippen LogP) is 3.14. The van der Waals surface area contributed by atoms with Gasteiger partial charge < -0.3 is 24.1 Å². The third kappa shape index (κ3) is 6.21. The van der Waals surface area contributed by atoms with E-state index >= 15 is 0 Å². The largest absolute Gasteiger partial charge is 0.497 e. The topological polar surface area (TPSA) is 125 Å². The first-order chi connectivity index (χ1) is 18.6. The second kappa shape index (κ2) is 12.2. The van der Waals surface area contributed by atoms with Crippen LogP contribution in [0.4, 0.5) is 0 Å². The molecule has 2 aliphatic rings. The van der Waals surface area contributed by atoms with E-state index in [4.69, 9.17) is 13.9 Å². The molecule has 3 heterocycles. The zero-order valence-corrected chi connectivity index (χ0v) is 21.6. The molecule has 2 aromatic heterocycles. The van der Waals surface area contributed by atoms with Crippen molar-refractivity contribution < 1.29 is 23.5 Å². The van der Waals surface area contributed by atoms with Crippen LogP contribution in [0.1, 0.15) is 56.7 Å². The van der Waals surface area contributed by atoms with Gasteiger partial charge in [-0.15, -0.1) is 10.2 Å². The van der Waals surface area contributed by atoms with E-state index in [1.807, 2.05) is 24.3 Å². The van der Waals surface area contributed by atoms with Crippen LogP contribution >= 0.6 is 0 Å². The Morgan fingerprint density at radius 1 is 1.13 bits per heavy atom. The molecule has 2 atom stereocenters. The van der Waals surface area contributed by atoms with Crippen molar-refractivity contribution in [3.63, 3.8) is 0 Å². The number of rotatable bonds is 10. The maximum atomic E-state index is 13.8. The van der Waals surface area contributed by atoms with Crippen molar-refractivity contribution in [1.29, 1.82) is 0 Å². The molecular weight excluding hydrogens is 488 g/mol. The SMILES string of the molecule is COc1ccc(-c2nnn(CC(=O)N(CC3CCCO3)C(C(=O)NC3CCCCC3)c3ccco3)n2)cc1. The number of furan rings is 1. The summed E-state index contributed by atoms with van der Waals surface area (Å²) in [7, 11) is 1.60. The van der Waals surface area contributed by atoms with Crippen LogP contribution in [-0.2, 0) is 20.9 Å². The number of aromatic nitrogens is 4. The number of carbonyl (C=O) groups is 2. The normalized spacial score (nSPS) is 18.7. The number of carbonyl (C=O) groups excluding carboxylic acids is 2. The Morgan fingerprint density at radius 2 is 1.95 bits per heavy atom. The van der Waals surface area contributed by atoms with Crippen molar-refractivity contribution in [2.75, 3.05) is 20.3 Å². The number of hydrogen-bond donors (Lipinski definition) is 1. The fourth-order valence-corrected chi connectivity index (χ4v) is 5.13. The third-order valence-electron chi connectivity index (χ3n) is 7.15. The molecule has 1 aliphatic carbocycles. The Labute approximate surface area is 221 Å². The molecule has 3 aromatic rings. The highest BCUT2D eigenvalue weighted by Crippen LogP contribution is 2.27. The van der Waals surface area contributed by atoms with Crippen LogP contribution in [0.15, 0.2) is 47.1 Å². The van der Waals surface area contributed by atoms with E-state index in [0.717, 1.165) is 49.8 Å². The molecule has 11 nitrogen and oxygen atoms in total. The molecule has 0 spiro atoms. The fourth-order valence-electron chi connectivity index (χ4n) is 5.13. The van der Waals surface area contributed by atoms with E-state index in [1.54, 1.807) is 24.1 Å². The van der Waals surface area contributed by atoms with Crippen LogP contribution in [0.5, 0.6) is 5.75 Å². The lowest BCUT2D eigenvalue weighted by Gasteiger charge is -2.33. The zero-order chi connectivity index (χ0) is 26.3. The summed E-state index contributed by atoms with van der Waals surface area (Å²) in [6, 6.07) is 9.90. The van der Waals surface area contributed by atoms with Gasteiger partial charge in [-0.25, -0.2) is 0 Å². The van der Waals surface area contributed by atoms with E-state index in [1.165, 1.54) is 17.5 Å². The molecule has 0 radical (unpaired) electrons. The fraction of sp³-hybridized carbons (Fsp3) is 0.519. The van der Waals surface area contributed by atoms with Gasteiger partial charge in [0.25, 0.3) is 5.91 Å². The quantitative estimate of drug-likeness (QED) is 0.431. The monoisotopic (exact) mass is 522 g/mol. The van der Waals surface area contributed by atoms with Crippen molar-refractivity contribution in [3.8, 4) is 17.1 Å². The van der Waals surface area contributed by atoms with Crippen LogP contribution in [-0.4, -0.2) is 69.3 Å². The maximum absolute atomic E-state index is 13.8. The molecule has 0 bridgehead atoms. The van der Waals surface area contributed by atoms with Crippen LogP contribution in [0.2, 0.25) is 0 Å². The number of amides is 2. The molecule has 2 unspecified atom stereocenters. The molecule has 2 amide bonds. The molecule has 11 heteroatoms. The summed E-state index contributed by atoms with van der Waals surface area (Å²) in [6.45, 7) is 0.731. The molecule has 5 rings (SSSR count). The van der Waals surface area contributed by atoms with Gasteiger partial charge in [-0.2, -0.15) is 4.80 Å². The number of benzene rings is 1. The highest BCUT2D eigenvalue weighted by atomic mass is 16.5. The van der Waals surface area contributed by atoms with E-state index < -0.39 is 6.04 Å². The molecule has 38 heavy (non-hydrogen) atoms. The van der Waals surface area contributed by atoms with E-state index in [2.05, 4.69) is 20.7 Å². The Balaban J connectivity index is 1.37. The van der Waals surface area contributed by atoms with Crippen molar-refractivity contribution in [1.82, 2.24) is 30.4 Å². The number of nitrogens with zero attached hydrogens (tertiary/aromatic N) is 5. The number of tetrazole rings is 1. The predicted molar refractivity (Wildman–Crippen MR) is 137 cm³/mol. The first-order valence-electron chi connectivity index (χ1n) is 13.3. The third-order valence-corrected chi connectivity index (χ3v) is 7.15. The summed E-state index contributed by atoms with van der Waals surface area (Å²) in [5, 5.41) is 15.8. The summed E-state index contributed by atoms with van der Waals surface area (Å²) in [5.41, 5.74) is 0.751. The molecule has 2 fully saturated rings. The van der Waals surface area contributed by atoms with Crippen molar-refractivity contribution in [2.45, 2.75) is 69.7 Å². The Bertz CT molecular complexity index is 1180. The van der Waals surface area contributed by atoms with Gasteiger partial charge in [-0.1, -0.05) is 19.3 Å². The van der Waals surface area contributed by atoms with Crippen LogP contribution in [0.3, 0.4) is 0 Å². The zero-order valence-electron chi connectivity index (χ0n) is 21.6.